The van der Waals surface area contributed by atoms with E-state index in [1.807, 2.05) is 12.1 Å². The molecule has 0 fully saturated rings. The number of thiophene rings is 2. The van der Waals surface area contributed by atoms with Crippen molar-refractivity contribution < 1.29 is 5.11 Å². The van der Waals surface area contributed by atoms with E-state index in [0.29, 0.717) is 0 Å². The molecule has 2 aromatic heterocycles. The summed E-state index contributed by atoms with van der Waals surface area (Å²) in [5.41, 5.74) is 1.26. The molecule has 18 heavy (non-hydrogen) atoms. The van der Waals surface area contributed by atoms with Crippen molar-refractivity contribution in [3.05, 3.63) is 57.1 Å². The molecule has 0 aliphatic carbocycles. The molecule has 0 spiro atoms. The van der Waals surface area contributed by atoms with Crippen molar-refractivity contribution >= 4 is 44.9 Å². The molecule has 90 valence electrons. The summed E-state index contributed by atoms with van der Waals surface area (Å²) >= 11 is 3.40. The molecule has 1 nitrogen and oxygen atoms in total. The van der Waals surface area contributed by atoms with Crippen LogP contribution in [0.1, 0.15) is 15.3 Å². The van der Waals surface area contributed by atoms with E-state index in [0.717, 1.165) is 4.88 Å². The zero-order valence-corrected chi connectivity index (χ0v) is 11.3. The third-order valence-electron chi connectivity index (χ3n) is 2.78. The topological polar surface area (TPSA) is 20.2 Å². The van der Waals surface area contributed by atoms with Gasteiger partial charge in [0, 0.05) is 14.5 Å². The number of hydrogen-bond acceptors (Lipinski definition) is 3. The van der Waals surface area contributed by atoms with Gasteiger partial charge in [-0.1, -0.05) is 24.3 Å². The predicted octanol–water partition coefficient (Wildman–Crippen LogP) is 4.63. The summed E-state index contributed by atoms with van der Waals surface area (Å²) in [5, 5.41) is 12.5. The van der Waals surface area contributed by atoms with Gasteiger partial charge in [0.2, 0.25) is 0 Å². The second kappa shape index (κ2) is 5.06. The van der Waals surface area contributed by atoms with Crippen molar-refractivity contribution in [2.24, 2.45) is 0 Å². The van der Waals surface area contributed by atoms with Crippen molar-refractivity contribution in [3.8, 4) is 0 Å². The molecular formula is C15H12OS2. The monoisotopic (exact) mass is 272 g/mol. The average Bonchev–Trinajstić information content (AvgIpc) is 3.03. The van der Waals surface area contributed by atoms with Crippen LogP contribution in [-0.4, -0.2) is 5.11 Å². The fourth-order valence-corrected chi connectivity index (χ4v) is 3.57. The summed E-state index contributed by atoms with van der Waals surface area (Å²) in [5.74, 6) is 0. The Morgan fingerprint density at radius 3 is 2.78 bits per heavy atom. The minimum atomic E-state index is 0.125. The molecule has 3 rings (SSSR count). The Bertz CT molecular complexity index is 691. The van der Waals surface area contributed by atoms with Crippen molar-refractivity contribution in [1.82, 2.24) is 0 Å². The third kappa shape index (κ3) is 2.25. The zero-order chi connectivity index (χ0) is 12.4. The molecule has 3 aromatic rings. The second-order valence-corrected chi connectivity index (χ2v) is 6.09. The number of fused-ring (bicyclic) bond motifs is 1. The van der Waals surface area contributed by atoms with Gasteiger partial charge in [0.15, 0.2) is 0 Å². The Morgan fingerprint density at radius 1 is 1.06 bits per heavy atom. The van der Waals surface area contributed by atoms with Gasteiger partial charge in [-0.3, -0.25) is 0 Å². The molecule has 3 heteroatoms. The highest BCUT2D eigenvalue weighted by Crippen LogP contribution is 2.27. The lowest BCUT2D eigenvalue weighted by atomic mass is 10.1. The van der Waals surface area contributed by atoms with Gasteiger partial charge >= 0.3 is 0 Å². The number of benzene rings is 1. The largest absolute Gasteiger partial charge is 0.391 e. The SMILES string of the molecule is OCc1ccc(C=Cc2csc3ccccc23)s1. The van der Waals surface area contributed by atoms with Crippen molar-refractivity contribution in [2.45, 2.75) is 6.61 Å². The maximum Gasteiger partial charge on any atom is 0.0774 e. The Kier molecular flexibility index (Phi) is 3.28. The van der Waals surface area contributed by atoms with E-state index < -0.39 is 0 Å². The number of rotatable bonds is 3. The smallest absolute Gasteiger partial charge is 0.0774 e. The summed E-state index contributed by atoms with van der Waals surface area (Å²) in [4.78, 5) is 2.18. The maximum absolute atomic E-state index is 9.03. The fourth-order valence-electron chi connectivity index (χ4n) is 1.87. The van der Waals surface area contributed by atoms with E-state index in [1.54, 1.807) is 22.7 Å². The molecule has 0 aliphatic heterocycles. The first kappa shape index (κ1) is 11.7. The van der Waals surface area contributed by atoms with Crippen LogP contribution >= 0.6 is 22.7 Å². The van der Waals surface area contributed by atoms with E-state index in [4.69, 9.17) is 5.11 Å². The van der Waals surface area contributed by atoms with Crippen molar-refractivity contribution in [2.75, 3.05) is 0 Å². The number of aliphatic hydroxyl groups excluding tert-OH is 1. The van der Waals surface area contributed by atoms with E-state index in [9.17, 15) is 0 Å². The lowest BCUT2D eigenvalue weighted by molar-refractivity contribution is 0.285. The van der Waals surface area contributed by atoms with Crippen LogP contribution in [0.2, 0.25) is 0 Å². The average molecular weight is 272 g/mol. The first-order valence-electron chi connectivity index (χ1n) is 5.71. The van der Waals surface area contributed by atoms with Gasteiger partial charge in [-0.2, -0.15) is 0 Å². The van der Waals surface area contributed by atoms with Crippen molar-refractivity contribution in [1.29, 1.82) is 0 Å². The van der Waals surface area contributed by atoms with E-state index >= 15 is 0 Å². The Hall–Kier alpha value is -1.42. The lowest BCUT2D eigenvalue weighted by Crippen LogP contribution is -1.70. The van der Waals surface area contributed by atoms with Gasteiger partial charge in [-0.15, -0.1) is 22.7 Å². The van der Waals surface area contributed by atoms with E-state index in [1.165, 1.54) is 20.5 Å². The van der Waals surface area contributed by atoms with Gasteiger partial charge in [-0.25, -0.2) is 0 Å². The molecule has 1 aromatic carbocycles. The second-order valence-electron chi connectivity index (χ2n) is 3.98. The third-order valence-corrected chi connectivity index (χ3v) is 4.79. The summed E-state index contributed by atoms with van der Waals surface area (Å²) in [6, 6.07) is 12.4. The summed E-state index contributed by atoms with van der Waals surface area (Å²) in [6.45, 7) is 0.125. The van der Waals surface area contributed by atoms with Crippen LogP contribution in [0.5, 0.6) is 0 Å². The quantitative estimate of drug-likeness (QED) is 0.737. The van der Waals surface area contributed by atoms with Crippen LogP contribution in [0.4, 0.5) is 0 Å². The first-order chi connectivity index (χ1) is 8.86. The molecule has 0 aliphatic rings. The molecule has 0 unspecified atom stereocenters. The van der Waals surface area contributed by atoms with Gasteiger partial charge < -0.3 is 5.11 Å². The zero-order valence-electron chi connectivity index (χ0n) is 9.67. The molecular weight excluding hydrogens is 260 g/mol. The van der Waals surface area contributed by atoms with Gasteiger partial charge in [0.1, 0.15) is 0 Å². The molecule has 0 atom stereocenters. The normalized spacial score (nSPS) is 11.6. The molecule has 2 heterocycles. The predicted molar refractivity (Wildman–Crippen MR) is 81.0 cm³/mol. The molecule has 0 amide bonds. The minimum Gasteiger partial charge on any atom is -0.391 e. The molecule has 0 radical (unpaired) electrons. The summed E-state index contributed by atoms with van der Waals surface area (Å²) in [6.07, 6.45) is 4.25. The van der Waals surface area contributed by atoms with Crippen LogP contribution in [0.15, 0.2) is 41.8 Å². The van der Waals surface area contributed by atoms with E-state index in [2.05, 4.69) is 41.8 Å². The lowest BCUT2D eigenvalue weighted by Gasteiger charge is -1.90. The Labute approximate surface area is 114 Å². The highest BCUT2D eigenvalue weighted by Gasteiger charge is 2.00. The minimum absolute atomic E-state index is 0.125. The Balaban J connectivity index is 1.91. The van der Waals surface area contributed by atoms with Crippen molar-refractivity contribution in [3.63, 3.8) is 0 Å². The summed E-state index contributed by atoms with van der Waals surface area (Å²) in [7, 11) is 0. The maximum atomic E-state index is 9.03. The van der Waals surface area contributed by atoms with Crippen LogP contribution in [0.3, 0.4) is 0 Å². The van der Waals surface area contributed by atoms with E-state index in [-0.39, 0.29) is 6.61 Å². The highest BCUT2D eigenvalue weighted by molar-refractivity contribution is 7.17. The Morgan fingerprint density at radius 2 is 1.94 bits per heavy atom. The molecule has 0 bridgehead atoms. The number of hydrogen-bond donors (Lipinski definition) is 1. The standard InChI is InChI=1S/C15H12OS2/c16-9-13-8-7-12(18-13)6-5-11-10-17-15-4-2-1-3-14(11)15/h1-8,10,16H,9H2. The van der Waals surface area contributed by atoms with Crippen LogP contribution in [0.25, 0.3) is 22.2 Å². The molecule has 1 N–H and O–H groups in total. The molecule has 0 saturated heterocycles. The van der Waals surface area contributed by atoms with Gasteiger partial charge in [0.25, 0.3) is 0 Å². The summed E-state index contributed by atoms with van der Waals surface area (Å²) < 4.78 is 1.32. The highest BCUT2D eigenvalue weighted by atomic mass is 32.1. The first-order valence-corrected chi connectivity index (χ1v) is 7.40. The molecule has 0 saturated carbocycles. The van der Waals surface area contributed by atoms with Gasteiger partial charge in [-0.05, 0) is 40.6 Å². The van der Waals surface area contributed by atoms with Crippen LogP contribution in [-0.2, 0) is 6.61 Å². The van der Waals surface area contributed by atoms with Crippen LogP contribution < -0.4 is 0 Å². The fraction of sp³-hybridized carbons (Fsp3) is 0.0667. The van der Waals surface area contributed by atoms with Gasteiger partial charge in [0.05, 0.1) is 6.61 Å². The van der Waals surface area contributed by atoms with Crippen LogP contribution in [0, 0.1) is 0 Å². The number of aliphatic hydroxyl groups is 1.